The lowest BCUT2D eigenvalue weighted by Gasteiger charge is -2.32. The second-order valence-electron chi connectivity index (χ2n) is 5.31. The Morgan fingerprint density at radius 2 is 1.82 bits per heavy atom. The van der Waals surface area contributed by atoms with Crippen LogP contribution in [0.3, 0.4) is 0 Å². The monoisotopic (exact) mass is 299 g/mol. The normalized spacial score (nSPS) is 15.7. The zero-order valence-corrected chi connectivity index (χ0v) is 12.0. The number of nitrogens with zero attached hydrogens (tertiary/aromatic N) is 5. The van der Waals surface area contributed by atoms with Crippen molar-refractivity contribution in [2.24, 2.45) is 11.7 Å². The predicted molar refractivity (Wildman–Crippen MR) is 81.0 cm³/mol. The van der Waals surface area contributed by atoms with E-state index in [0.29, 0.717) is 0 Å². The highest BCUT2D eigenvalue weighted by atomic mass is 16.1. The van der Waals surface area contributed by atoms with Crippen LogP contribution in [0.2, 0.25) is 0 Å². The van der Waals surface area contributed by atoms with Crippen LogP contribution in [0.25, 0.3) is 5.69 Å². The van der Waals surface area contributed by atoms with E-state index in [4.69, 9.17) is 11.1 Å². The number of Topliss-reactive ketones (excluding diaryl/α,β-unsaturated/α-hetero) is 1. The Balaban J connectivity index is 1.64. The molecule has 22 heavy (non-hydrogen) atoms. The Bertz CT molecular complexity index is 657. The standard InChI is InChI=1S/C14H17N7O/c15-14(16)13(22)10-5-7-20(8-6-10)11-1-3-12(4-2-11)21-9-17-18-19-21/h1-4,9-10H,5-8H2,(H3,15,16). The van der Waals surface area contributed by atoms with Crippen molar-refractivity contribution in [1.82, 2.24) is 20.2 Å². The predicted octanol–water partition coefficient (Wildman–Crippen LogP) is 0.384. The number of anilines is 1. The molecule has 1 aromatic heterocycles. The highest BCUT2D eigenvalue weighted by molar-refractivity contribution is 6.37. The number of amidine groups is 1. The molecule has 3 rings (SSSR count). The van der Waals surface area contributed by atoms with Crippen LogP contribution in [0.4, 0.5) is 5.69 Å². The van der Waals surface area contributed by atoms with Gasteiger partial charge in [0.15, 0.2) is 11.6 Å². The molecule has 114 valence electrons. The van der Waals surface area contributed by atoms with Crippen molar-refractivity contribution in [3.8, 4) is 5.69 Å². The molecule has 0 atom stereocenters. The van der Waals surface area contributed by atoms with E-state index in [0.717, 1.165) is 37.3 Å². The molecule has 0 amide bonds. The van der Waals surface area contributed by atoms with Crippen molar-refractivity contribution < 1.29 is 4.79 Å². The molecule has 0 spiro atoms. The van der Waals surface area contributed by atoms with E-state index in [9.17, 15) is 4.79 Å². The molecule has 2 aromatic rings. The van der Waals surface area contributed by atoms with Gasteiger partial charge in [-0.1, -0.05) is 0 Å². The number of nitrogens with one attached hydrogen (secondary N) is 1. The molecule has 1 aromatic carbocycles. The van der Waals surface area contributed by atoms with Gasteiger partial charge in [-0.3, -0.25) is 10.2 Å². The zero-order chi connectivity index (χ0) is 15.5. The summed E-state index contributed by atoms with van der Waals surface area (Å²) in [5.41, 5.74) is 7.28. The number of rotatable bonds is 4. The van der Waals surface area contributed by atoms with Crippen molar-refractivity contribution in [2.75, 3.05) is 18.0 Å². The molecule has 1 aliphatic rings. The van der Waals surface area contributed by atoms with E-state index in [1.54, 1.807) is 11.0 Å². The Morgan fingerprint density at radius 1 is 1.18 bits per heavy atom. The number of piperidine rings is 1. The van der Waals surface area contributed by atoms with E-state index < -0.39 is 0 Å². The summed E-state index contributed by atoms with van der Waals surface area (Å²) in [6.45, 7) is 1.57. The first-order valence-electron chi connectivity index (χ1n) is 7.12. The molecule has 0 bridgehead atoms. The topological polar surface area (TPSA) is 114 Å². The van der Waals surface area contributed by atoms with E-state index in [1.807, 2.05) is 24.3 Å². The van der Waals surface area contributed by atoms with Gasteiger partial charge in [-0.2, -0.15) is 0 Å². The first-order valence-corrected chi connectivity index (χ1v) is 7.12. The van der Waals surface area contributed by atoms with Crippen LogP contribution in [-0.2, 0) is 4.79 Å². The zero-order valence-electron chi connectivity index (χ0n) is 12.0. The summed E-state index contributed by atoms with van der Waals surface area (Å²) in [7, 11) is 0. The average molecular weight is 299 g/mol. The van der Waals surface area contributed by atoms with Crippen LogP contribution < -0.4 is 10.6 Å². The summed E-state index contributed by atoms with van der Waals surface area (Å²) in [4.78, 5) is 14.0. The third-order valence-corrected chi connectivity index (χ3v) is 3.96. The van der Waals surface area contributed by atoms with E-state index >= 15 is 0 Å². The van der Waals surface area contributed by atoms with E-state index in [-0.39, 0.29) is 17.5 Å². The number of tetrazole rings is 1. The lowest BCUT2D eigenvalue weighted by Crippen LogP contribution is -2.39. The summed E-state index contributed by atoms with van der Waals surface area (Å²) in [5.74, 6) is -0.674. The third kappa shape index (κ3) is 2.80. The molecule has 3 N–H and O–H groups in total. The molecule has 1 aliphatic heterocycles. The molecule has 0 unspecified atom stereocenters. The SMILES string of the molecule is N=C(N)C(=O)C1CCN(c2ccc(-n3cnnn3)cc2)CC1. The second kappa shape index (κ2) is 5.92. The first-order chi connectivity index (χ1) is 10.6. The minimum atomic E-state index is -0.329. The average Bonchev–Trinajstić information content (AvgIpc) is 3.09. The van der Waals surface area contributed by atoms with Crippen molar-refractivity contribution in [2.45, 2.75) is 12.8 Å². The summed E-state index contributed by atoms with van der Waals surface area (Å²) in [6.07, 6.45) is 3.01. The van der Waals surface area contributed by atoms with Crippen LogP contribution in [-0.4, -0.2) is 44.9 Å². The molecule has 1 saturated heterocycles. The Kier molecular flexibility index (Phi) is 3.82. The molecular formula is C14H17N7O. The molecule has 0 aliphatic carbocycles. The third-order valence-electron chi connectivity index (χ3n) is 3.96. The quantitative estimate of drug-likeness (QED) is 0.623. The lowest BCUT2D eigenvalue weighted by atomic mass is 9.91. The number of nitrogens with two attached hydrogens (primary N) is 1. The van der Waals surface area contributed by atoms with Crippen molar-refractivity contribution in [3.63, 3.8) is 0 Å². The lowest BCUT2D eigenvalue weighted by molar-refractivity contribution is -0.117. The fourth-order valence-electron chi connectivity index (χ4n) is 2.72. The number of hydrogen-bond donors (Lipinski definition) is 2. The van der Waals surface area contributed by atoms with Gasteiger partial charge < -0.3 is 10.6 Å². The van der Waals surface area contributed by atoms with E-state index in [1.165, 1.54) is 0 Å². The smallest absolute Gasteiger partial charge is 0.200 e. The van der Waals surface area contributed by atoms with Crippen LogP contribution in [0.15, 0.2) is 30.6 Å². The molecule has 1 fully saturated rings. The maximum Gasteiger partial charge on any atom is 0.200 e. The summed E-state index contributed by atoms with van der Waals surface area (Å²) >= 11 is 0. The summed E-state index contributed by atoms with van der Waals surface area (Å²) in [6, 6.07) is 7.95. The van der Waals surface area contributed by atoms with Crippen LogP contribution in [0.5, 0.6) is 0 Å². The minimum absolute atomic E-state index is 0.116. The Morgan fingerprint density at radius 3 is 2.36 bits per heavy atom. The number of carbonyl (C=O) groups is 1. The van der Waals surface area contributed by atoms with Gasteiger partial charge in [0.05, 0.1) is 5.69 Å². The van der Waals surface area contributed by atoms with Gasteiger partial charge in [0, 0.05) is 24.7 Å². The molecule has 0 saturated carbocycles. The fraction of sp³-hybridized carbons (Fsp3) is 0.357. The maximum atomic E-state index is 11.7. The molecule has 8 nitrogen and oxygen atoms in total. The van der Waals surface area contributed by atoms with Crippen LogP contribution in [0, 0.1) is 11.3 Å². The number of carbonyl (C=O) groups excluding carboxylic acids is 1. The second-order valence-corrected chi connectivity index (χ2v) is 5.31. The fourth-order valence-corrected chi connectivity index (χ4v) is 2.72. The van der Waals surface area contributed by atoms with Crippen LogP contribution in [0.1, 0.15) is 12.8 Å². The van der Waals surface area contributed by atoms with Gasteiger partial charge in [0.25, 0.3) is 0 Å². The van der Waals surface area contributed by atoms with Gasteiger partial charge in [-0.05, 0) is 47.5 Å². The van der Waals surface area contributed by atoms with E-state index in [2.05, 4.69) is 20.4 Å². The number of aromatic nitrogens is 4. The van der Waals surface area contributed by atoms with Crippen molar-refractivity contribution in [1.29, 1.82) is 5.41 Å². The van der Waals surface area contributed by atoms with Gasteiger partial charge >= 0.3 is 0 Å². The van der Waals surface area contributed by atoms with Crippen LogP contribution >= 0.6 is 0 Å². The summed E-state index contributed by atoms with van der Waals surface area (Å²) in [5, 5.41) is 18.3. The summed E-state index contributed by atoms with van der Waals surface area (Å²) < 4.78 is 1.60. The van der Waals surface area contributed by atoms with Gasteiger partial charge in [0.2, 0.25) is 0 Å². The molecule has 8 heteroatoms. The largest absolute Gasteiger partial charge is 0.381 e. The Hall–Kier alpha value is -2.77. The molecule has 0 radical (unpaired) electrons. The van der Waals surface area contributed by atoms with Gasteiger partial charge in [-0.25, -0.2) is 4.68 Å². The number of ketones is 1. The Labute approximate surface area is 127 Å². The van der Waals surface area contributed by atoms with Gasteiger partial charge in [-0.15, -0.1) is 5.10 Å². The maximum absolute atomic E-state index is 11.7. The highest BCUT2D eigenvalue weighted by Gasteiger charge is 2.26. The van der Waals surface area contributed by atoms with Crippen molar-refractivity contribution >= 4 is 17.3 Å². The molecular weight excluding hydrogens is 282 g/mol. The van der Waals surface area contributed by atoms with Gasteiger partial charge in [0.1, 0.15) is 6.33 Å². The number of hydrogen-bond acceptors (Lipinski definition) is 6. The number of benzene rings is 1. The first kappa shape index (κ1) is 14.2. The molecule has 2 heterocycles. The minimum Gasteiger partial charge on any atom is -0.381 e. The highest BCUT2D eigenvalue weighted by Crippen LogP contribution is 2.24. The van der Waals surface area contributed by atoms with Crippen molar-refractivity contribution in [3.05, 3.63) is 30.6 Å².